The number of rotatable bonds is 5. The Labute approximate surface area is 104 Å². The summed E-state index contributed by atoms with van der Waals surface area (Å²) in [5.74, 6) is -18.7. The predicted molar refractivity (Wildman–Crippen MR) is 44.5 cm³/mol. The Balaban J connectivity index is 5.89. The van der Waals surface area contributed by atoms with Crippen molar-refractivity contribution in [2.24, 2.45) is 0 Å². The van der Waals surface area contributed by atoms with E-state index in [4.69, 9.17) is 10.2 Å². The molecule has 4 nitrogen and oxygen atoms in total. The lowest BCUT2D eigenvalue weighted by molar-refractivity contribution is -0.223. The second kappa shape index (κ2) is 4.34. The van der Waals surface area contributed by atoms with Gasteiger partial charge < -0.3 is 10.2 Å². The molecule has 12 heteroatoms. The summed E-state index contributed by atoms with van der Waals surface area (Å²) >= 11 is 8.19. The molecule has 0 aliphatic carbocycles. The number of hydrogen-bond donors (Lipinski definition) is 2. The summed E-state index contributed by atoms with van der Waals surface area (Å²) in [5.41, 5.74) is 0. The van der Waals surface area contributed by atoms with E-state index in [0.29, 0.717) is 0 Å². The molecule has 0 radical (unpaired) electrons. The third-order valence-corrected chi connectivity index (χ3v) is 2.81. The van der Waals surface area contributed by atoms with E-state index in [2.05, 4.69) is 23.2 Å². The van der Waals surface area contributed by atoms with Crippen LogP contribution in [0, 0.1) is 0 Å². The Morgan fingerprint density at radius 2 is 0.889 bits per heavy atom. The second-order valence-corrected chi connectivity index (χ2v) is 3.95. The molecule has 2 N–H and O–H groups in total. The van der Waals surface area contributed by atoms with Gasteiger partial charge in [0.2, 0.25) is 0 Å². The highest BCUT2D eigenvalue weighted by Gasteiger charge is 2.81. The first-order valence-corrected chi connectivity index (χ1v) is 4.37. The van der Waals surface area contributed by atoms with Gasteiger partial charge in [0.25, 0.3) is 0 Å². The lowest BCUT2D eigenvalue weighted by atomic mass is 10.0. The largest absolute Gasteiger partial charge is 0.477 e. The van der Waals surface area contributed by atoms with E-state index >= 15 is 0 Å². The second-order valence-electron chi connectivity index (χ2n) is 2.91. The monoisotopic (exact) mass is 322 g/mol. The predicted octanol–water partition coefficient (Wildman–Crippen LogP) is 2.24. The van der Waals surface area contributed by atoms with Gasteiger partial charge in [-0.05, 0) is 0 Å². The van der Waals surface area contributed by atoms with Crippen LogP contribution in [-0.2, 0) is 9.59 Å². The molecule has 18 heavy (non-hydrogen) atoms. The SMILES string of the molecule is O=C(O)C(F)(F)C(F)(Cl)C(F)(Cl)C(F)(F)C(=O)O. The van der Waals surface area contributed by atoms with Crippen LogP contribution in [0.5, 0.6) is 0 Å². The molecule has 0 heterocycles. The minimum atomic E-state index is -5.91. The van der Waals surface area contributed by atoms with E-state index in [1.807, 2.05) is 0 Å². The molecule has 0 fully saturated rings. The van der Waals surface area contributed by atoms with Gasteiger partial charge in [0.1, 0.15) is 0 Å². The normalized spacial score (nSPS) is 19.8. The Morgan fingerprint density at radius 3 is 1.00 bits per heavy atom. The average Bonchev–Trinajstić information content (AvgIpc) is 2.15. The fraction of sp³-hybridized carbons (Fsp3) is 0.667. The van der Waals surface area contributed by atoms with Crippen LogP contribution < -0.4 is 0 Å². The molecule has 0 spiro atoms. The van der Waals surface area contributed by atoms with Crippen molar-refractivity contribution in [3.05, 3.63) is 0 Å². The van der Waals surface area contributed by atoms with E-state index in [1.165, 1.54) is 0 Å². The molecular formula is C6H2Cl2F6O4. The van der Waals surface area contributed by atoms with Crippen LogP contribution in [0.15, 0.2) is 0 Å². The number of carbonyl (C=O) groups is 2. The molecule has 0 saturated carbocycles. The van der Waals surface area contributed by atoms with Crippen LogP contribution in [0.25, 0.3) is 0 Å². The number of alkyl halides is 8. The molecule has 0 aromatic rings. The summed E-state index contributed by atoms with van der Waals surface area (Å²) < 4.78 is 76.9. The Hall–Kier alpha value is -0.900. The number of halogens is 8. The van der Waals surface area contributed by atoms with Crippen LogP contribution in [0.4, 0.5) is 26.3 Å². The van der Waals surface area contributed by atoms with Gasteiger partial charge in [-0.25, -0.2) is 18.4 Å². The molecule has 0 amide bonds. The standard InChI is InChI=1S/C6H2Cl2F6O4/c7-5(13,3(9,10)1(15)16)6(8,14)4(11,12)2(17)18/h(H,15,16)(H,17,18). The van der Waals surface area contributed by atoms with Crippen molar-refractivity contribution >= 4 is 35.1 Å². The molecule has 2 unspecified atom stereocenters. The van der Waals surface area contributed by atoms with Gasteiger partial charge in [-0.2, -0.15) is 17.6 Å². The lowest BCUT2D eigenvalue weighted by Crippen LogP contribution is -2.65. The zero-order valence-electron chi connectivity index (χ0n) is 7.73. The third kappa shape index (κ3) is 2.07. The molecule has 2 atom stereocenters. The van der Waals surface area contributed by atoms with Crippen molar-refractivity contribution in [2.75, 3.05) is 0 Å². The maximum Gasteiger partial charge on any atom is 0.394 e. The molecule has 0 aromatic carbocycles. The van der Waals surface area contributed by atoms with E-state index in [0.717, 1.165) is 0 Å². The topological polar surface area (TPSA) is 74.6 Å². The molecule has 0 saturated heterocycles. The lowest BCUT2D eigenvalue weighted by Gasteiger charge is -2.35. The summed E-state index contributed by atoms with van der Waals surface area (Å²) in [5, 5.41) is 4.28. The van der Waals surface area contributed by atoms with Crippen molar-refractivity contribution < 1.29 is 46.1 Å². The summed E-state index contributed by atoms with van der Waals surface area (Å²) in [7, 11) is 0. The molecule has 0 aliphatic heterocycles. The highest BCUT2D eigenvalue weighted by atomic mass is 35.5. The smallest absolute Gasteiger partial charge is 0.394 e. The summed E-state index contributed by atoms with van der Waals surface area (Å²) in [4.78, 5) is 19.8. The highest BCUT2D eigenvalue weighted by Crippen LogP contribution is 2.55. The van der Waals surface area contributed by atoms with Crippen LogP contribution in [0.3, 0.4) is 0 Å². The first kappa shape index (κ1) is 17.1. The van der Waals surface area contributed by atoms with Crippen LogP contribution in [-0.4, -0.2) is 44.3 Å². The molecule has 0 bridgehead atoms. The quantitative estimate of drug-likeness (QED) is 0.601. The molecule has 0 aliphatic rings. The Kier molecular flexibility index (Phi) is 4.12. The summed E-state index contributed by atoms with van der Waals surface area (Å²) in [6.45, 7) is 0. The molecule has 0 aromatic heterocycles. The first-order chi connectivity index (χ1) is 7.64. The zero-order chi connectivity index (χ0) is 15.2. The van der Waals surface area contributed by atoms with Crippen molar-refractivity contribution in [2.45, 2.75) is 22.1 Å². The van der Waals surface area contributed by atoms with Crippen LogP contribution in [0.2, 0.25) is 0 Å². The fourth-order valence-electron chi connectivity index (χ4n) is 0.663. The van der Waals surface area contributed by atoms with E-state index in [1.54, 1.807) is 0 Å². The van der Waals surface area contributed by atoms with Crippen molar-refractivity contribution in [1.29, 1.82) is 0 Å². The number of hydrogen-bond acceptors (Lipinski definition) is 2. The van der Waals surface area contributed by atoms with Gasteiger partial charge in [0.05, 0.1) is 0 Å². The number of carboxylic acids is 2. The van der Waals surface area contributed by atoms with Crippen LogP contribution >= 0.6 is 23.2 Å². The minimum Gasteiger partial charge on any atom is -0.477 e. The van der Waals surface area contributed by atoms with Gasteiger partial charge in [0, 0.05) is 0 Å². The minimum absolute atomic E-state index is 3.41. The average molecular weight is 323 g/mol. The zero-order valence-corrected chi connectivity index (χ0v) is 9.25. The molecular weight excluding hydrogens is 321 g/mol. The van der Waals surface area contributed by atoms with Crippen molar-refractivity contribution in [3.8, 4) is 0 Å². The van der Waals surface area contributed by atoms with Gasteiger partial charge in [-0.1, -0.05) is 23.2 Å². The number of carboxylic acid groups (broad SMARTS) is 2. The highest BCUT2D eigenvalue weighted by molar-refractivity contribution is 6.36. The molecule has 106 valence electrons. The van der Waals surface area contributed by atoms with Crippen molar-refractivity contribution in [3.63, 3.8) is 0 Å². The van der Waals surface area contributed by atoms with Crippen LogP contribution in [0.1, 0.15) is 0 Å². The van der Waals surface area contributed by atoms with Gasteiger partial charge in [-0.15, -0.1) is 0 Å². The maximum absolute atomic E-state index is 13.1. The fourth-order valence-corrected chi connectivity index (χ4v) is 1.06. The van der Waals surface area contributed by atoms with E-state index in [-0.39, 0.29) is 0 Å². The Bertz CT molecular complexity index is 346. The van der Waals surface area contributed by atoms with Gasteiger partial charge in [-0.3, -0.25) is 0 Å². The van der Waals surface area contributed by atoms with E-state index < -0.39 is 34.0 Å². The number of aliphatic carboxylic acids is 2. The first-order valence-electron chi connectivity index (χ1n) is 3.62. The summed E-state index contributed by atoms with van der Waals surface area (Å²) in [6.07, 6.45) is 0. The third-order valence-electron chi connectivity index (χ3n) is 1.72. The summed E-state index contributed by atoms with van der Waals surface area (Å²) in [6, 6.07) is 0. The molecule has 0 rings (SSSR count). The van der Waals surface area contributed by atoms with E-state index in [9.17, 15) is 35.9 Å². The van der Waals surface area contributed by atoms with Crippen molar-refractivity contribution in [1.82, 2.24) is 0 Å². The maximum atomic E-state index is 13.1. The van der Waals surface area contributed by atoms with Gasteiger partial charge >= 0.3 is 34.0 Å². The van der Waals surface area contributed by atoms with Gasteiger partial charge in [0.15, 0.2) is 0 Å². The Morgan fingerprint density at radius 1 is 0.722 bits per heavy atom.